The maximum absolute atomic E-state index is 12.6. The summed E-state index contributed by atoms with van der Waals surface area (Å²) in [7, 11) is 1.67. The van der Waals surface area contributed by atoms with E-state index in [1.807, 2.05) is 30.3 Å². The number of carbonyl (C=O) groups excluding carboxylic acids is 1. The quantitative estimate of drug-likeness (QED) is 0.385. The number of carbonyl (C=O) groups is 1. The maximum atomic E-state index is 12.6. The van der Waals surface area contributed by atoms with E-state index in [4.69, 9.17) is 27.6 Å². The van der Waals surface area contributed by atoms with Gasteiger partial charge in [-0.15, -0.1) is 0 Å². The van der Waals surface area contributed by atoms with Crippen molar-refractivity contribution in [1.29, 1.82) is 0 Å². The summed E-state index contributed by atoms with van der Waals surface area (Å²) >= 11 is 13.3. The van der Waals surface area contributed by atoms with Gasteiger partial charge in [-0.05, 0) is 48.2 Å². The summed E-state index contributed by atoms with van der Waals surface area (Å²) < 4.78 is 5.85. The molecule has 1 fully saturated rings. The van der Waals surface area contributed by atoms with E-state index in [9.17, 15) is 4.79 Å². The van der Waals surface area contributed by atoms with Gasteiger partial charge in [0, 0.05) is 29.9 Å². The van der Waals surface area contributed by atoms with Gasteiger partial charge in [-0.25, -0.2) is 9.98 Å². The number of amidine groups is 1. The van der Waals surface area contributed by atoms with Crippen LogP contribution < -0.4 is 0 Å². The molecule has 1 aliphatic heterocycles. The highest BCUT2D eigenvalue weighted by atomic mass is 35.5. The second-order valence-electron chi connectivity index (χ2n) is 5.89. The van der Waals surface area contributed by atoms with E-state index in [2.05, 4.69) is 9.98 Å². The second kappa shape index (κ2) is 7.83. The number of pyridine rings is 1. The lowest BCUT2D eigenvalue weighted by Crippen LogP contribution is -2.23. The Morgan fingerprint density at radius 3 is 2.82 bits per heavy atom. The summed E-state index contributed by atoms with van der Waals surface area (Å²) in [5.74, 6) is 1.08. The number of furan rings is 1. The molecule has 3 heterocycles. The van der Waals surface area contributed by atoms with Crippen molar-refractivity contribution >= 4 is 57.8 Å². The average Bonchev–Trinajstić information content (AvgIpc) is 3.25. The van der Waals surface area contributed by atoms with E-state index in [0.29, 0.717) is 32.3 Å². The van der Waals surface area contributed by atoms with Crippen LogP contribution in [0.4, 0.5) is 5.69 Å². The van der Waals surface area contributed by atoms with E-state index in [1.165, 1.54) is 16.7 Å². The van der Waals surface area contributed by atoms with Gasteiger partial charge >= 0.3 is 0 Å². The zero-order chi connectivity index (χ0) is 19.7. The number of hydrogen-bond donors (Lipinski definition) is 0. The van der Waals surface area contributed by atoms with Crippen LogP contribution >= 0.6 is 35.0 Å². The number of nitrogens with zero attached hydrogens (tertiary/aromatic N) is 3. The lowest BCUT2D eigenvalue weighted by Gasteiger charge is -2.07. The minimum atomic E-state index is -0.163. The summed E-state index contributed by atoms with van der Waals surface area (Å²) in [6, 6.07) is 14.5. The van der Waals surface area contributed by atoms with Gasteiger partial charge in [0.1, 0.15) is 17.2 Å². The van der Waals surface area contributed by atoms with Crippen LogP contribution in [0, 0.1) is 0 Å². The third kappa shape index (κ3) is 3.85. The number of likely N-dealkylation sites (N-methyl/N-ethyl adjacent to an activating group) is 1. The Kier molecular flexibility index (Phi) is 5.26. The molecule has 1 aromatic carbocycles. The Hall–Kier alpha value is -2.54. The van der Waals surface area contributed by atoms with Crippen LogP contribution in [0.15, 0.2) is 69.0 Å². The third-order valence-electron chi connectivity index (χ3n) is 3.97. The van der Waals surface area contributed by atoms with Gasteiger partial charge in [0.2, 0.25) is 0 Å². The predicted molar refractivity (Wildman–Crippen MR) is 114 cm³/mol. The number of rotatable bonds is 3. The molecule has 2 aromatic heterocycles. The van der Waals surface area contributed by atoms with Gasteiger partial charge in [0.25, 0.3) is 5.91 Å². The van der Waals surface area contributed by atoms with Crippen LogP contribution in [0.2, 0.25) is 10.2 Å². The van der Waals surface area contributed by atoms with E-state index in [0.717, 1.165) is 5.56 Å². The molecule has 0 spiro atoms. The zero-order valence-electron chi connectivity index (χ0n) is 14.6. The molecule has 5 nitrogen and oxygen atoms in total. The molecule has 1 amide bonds. The first-order chi connectivity index (χ1) is 13.5. The van der Waals surface area contributed by atoms with Crippen LogP contribution in [0.3, 0.4) is 0 Å². The molecule has 28 heavy (non-hydrogen) atoms. The fourth-order valence-electron chi connectivity index (χ4n) is 2.57. The number of amides is 1. The Morgan fingerprint density at radius 2 is 2.04 bits per heavy atom. The highest BCUT2D eigenvalue weighted by molar-refractivity contribution is 8.18. The first-order valence-electron chi connectivity index (χ1n) is 8.24. The summed E-state index contributed by atoms with van der Waals surface area (Å²) in [6.45, 7) is 0. The summed E-state index contributed by atoms with van der Waals surface area (Å²) in [5.41, 5.74) is 1.38. The molecule has 0 aliphatic carbocycles. The highest BCUT2D eigenvalue weighted by Gasteiger charge is 2.31. The van der Waals surface area contributed by atoms with Crippen molar-refractivity contribution in [3.63, 3.8) is 0 Å². The molecule has 1 saturated heterocycles. The van der Waals surface area contributed by atoms with Gasteiger partial charge in [-0.1, -0.05) is 35.3 Å². The van der Waals surface area contributed by atoms with Gasteiger partial charge in [0.15, 0.2) is 10.3 Å². The molecular formula is C20H13Cl2N3O2S. The second-order valence-corrected chi connectivity index (χ2v) is 7.70. The SMILES string of the molecule is CN1C(=O)/C(=C\c2ccc(-c3cccc(Cl)c3)o2)SC1=Nc1cccnc1Cl. The van der Waals surface area contributed by atoms with E-state index >= 15 is 0 Å². The average molecular weight is 430 g/mol. The number of benzene rings is 1. The Morgan fingerprint density at radius 1 is 1.18 bits per heavy atom. The van der Waals surface area contributed by atoms with Gasteiger partial charge in [0.05, 0.1) is 4.91 Å². The molecule has 3 aromatic rings. The fourth-order valence-corrected chi connectivity index (χ4v) is 3.88. The number of thioether (sulfide) groups is 1. The number of halogens is 2. The minimum Gasteiger partial charge on any atom is -0.457 e. The lowest BCUT2D eigenvalue weighted by atomic mass is 10.2. The van der Waals surface area contributed by atoms with Crippen molar-refractivity contribution in [3.8, 4) is 11.3 Å². The molecule has 1 aliphatic rings. The van der Waals surface area contributed by atoms with Crippen LogP contribution in [0.5, 0.6) is 0 Å². The first-order valence-corrected chi connectivity index (χ1v) is 9.81. The predicted octanol–water partition coefficient (Wildman–Crippen LogP) is 5.88. The van der Waals surface area contributed by atoms with Crippen LogP contribution in [-0.4, -0.2) is 28.0 Å². The normalized spacial score (nSPS) is 17.1. The van der Waals surface area contributed by atoms with E-state index in [-0.39, 0.29) is 11.1 Å². The molecule has 0 atom stereocenters. The topological polar surface area (TPSA) is 58.7 Å². The highest BCUT2D eigenvalue weighted by Crippen LogP contribution is 2.35. The molecule has 0 saturated carbocycles. The maximum Gasteiger partial charge on any atom is 0.266 e. The van der Waals surface area contributed by atoms with Crippen LogP contribution in [-0.2, 0) is 4.79 Å². The lowest BCUT2D eigenvalue weighted by molar-refractivity contribution is -0.121. The van der Waals surface area contributed by atoms with E-state index < -0.39 is 0 Å². The number of hydrogen-bond acceptors (Lipinski definition) is 5. The van der Waals surface area contributed by atoms with Gasteiger partial charge in [-0.3, -0.25) is 9.69 Å². The monoisotopic (exact) mass is 429 g/mol. The molecule has 140 valence electrons. The Labute approximate surface area is 175 Å². The smallest absolute Gasteiger partial charge is 0.266 e. The Bertz CT molecular complexity index is 1120. The Balaban J connectivity index is 1.61. The molecular weight excluding hydrogens is 417 g/mol. The van der Waals surface area contributed by atoms with Gasteiger partial charge in [-0.2, -0.15) is 0 Å². The van der Waals surface area contributed by atoms with Crippen molar-refractivity contribution in [3.05, 3.63) is 75.6 Å². The third-order valence-corrected chi connectivity index (χ3v) is 5.55. The van der Waals surface area contributed by atoms with Gasteiger partial charge < -0.3 is 4.42 Å². The molecule has 0 radical (unpaired) electrons. The largest absolute Gasteiger partial charge is 0.457 e. The molecule has 8 heteroatoms. The van der Waals surface area contributed by atoms with Crippen molar-refractivity contribution in [2.75, 3.05) is 7.05 Å². The standard InChI is InChI=1S/C20H13Cl2N3O2S/c1-25-19(26)17(28-20(25)24-15-6-3-9-23-18(15)22)11-14-7-8-16(27-14)12-4-2-5-13(21)10-12/h2-11H,1H3/b17-11+,24-20?. The van der Waals surface area contributed by atoms with E-state index in [1.54, 1.807) is 37.5 Å². The number of aliphatic imine (C=N–C) groups is 1. The first kappa shape index (κ1) is 18.8. The van der Waals surface area contributed by atoms with Crippen molar-refractivity contribution < 1.29 is 9.21 Å². The summed E-state index contributed by atoms with van der Waals surface area (Å²) in [6.07, 6.45) is 3.29. The summed E-state index contributed by atoms with van der Waals surface area (Å²) in [4.78, 5) is 23.0. The van der Waals surface area contributed by atoms with Crippen molar-refractivity contribution in [1.82, 2.24) is 9.88 Å². The van der Waals surface area contributed by atoms with Crippen LogP contribution in [0.1, 0.15) is 5.76 Å². The molecule has 0 bridgehead atoms. The minimum absolute atomic E-state index is 0.163. The summed E-state index contributed by atoms with van der Waals surface area (Å²) in [5, 5.41) is 1.44. The van der Waals surface area contributed by atoms with Crippen molar-refractivity contribution in [2.45, 2.75) is 0 Å². The molecule has 0 N–H and O–H groups in total. The van der Waals surface area contributed by atoms with Crippen molar-refractivity contribution in [2.24, 2.45) is 4.99 Å². The number of aromatic nitrogens is 1. The van der Waals surface area contributed by atoms with Crippen LogP contribution in [0.25, 0.3) is 17.4 Å². The molecule has 4 rings (SSSR count). The fraction of sp³-hybridized carbons (Fsp3) is 0.0500. The molecule has 0 unspecified atom stereocenters. The zero-order valence-corrected chi connectivity index (χ0v) is 16.9.